The van der Waals surface area contributed by atoms with E-state index in [1.165, 1.54) is 0 Å². The Hall–Kier alpha value is -1.26. The van der Waals surface area contributed by atoms with Crippen LogP contribution in [0.25, 0.3) is 0 Å². The number of aromatic nitrogens is 2. The molecule has 0 radical (unpaired) electrons. The first kappa shape index (κ1) is 11.2. The minimum Gasteiger partial charge on any atom is -0.408 e. The fourth-order valence-electron chi connectivity index (χ4n) is 1.20. The van der Waals surface area contributed by atoms with E-state index in [2.05, 4.69) is 15.5 Å². The molecule has 0 saturated carbocycles. The van der Waals surface area contributed by atoms with Crippen molar-refractivity contribution < 1.29 is 4.42 Å². The van der Waals surface area contributed by atoms with Gasteiger partial charge in [0, 0.05) is 13.5 Å². The highest BCUT2D eigenvalue weighted by Gasteiger charge is 2.03. The monoisotopic (exact) mass is 257 g/mol. The summed E-state index contributed by atoms with van der Waals surface area (Å²) < 4.78 is 5.17. The van der Waals surface area contributed by atoms with Gasteiger partial charge in [0.1, 0.15) is 0 Å². The standard InChI is InChI=1S/C10H9Cl2N3O/c1-6-14-15-10(16-6)13-5-7-2-3-8(11)9(12)4-7/h2-4H,5H2,1H3,(H,13,15). The molecule has 0 aliphatic carbocycles. The number of aryl methyl sites for hydroxylation is 1. The summed E-state index contributed by atoms with van der Waals surface area (Å²) in [5.41, 5.74) is 0.991. The second-order valence-electron chi connectivity index (χ2n) is 3.23. The van der Waals surface area contributed by atoms with Gasteiger partial charge in [0.15, 0.2) is 0 Å². The first-order chi connectivity index (χ1) is 7.65. The van der Waals surface area contributed by atoms with Gasteiger partial charge in [0.05, 0.1) is 10.0 Å². The van der Waals surface area contributed by atoms with Crippen molar-refractivity contribution in [2.75, 3.05) is 5.32 Å². The number of rotatable bonds is 3. The van der Waals surface area contributed by atoms with E-state index in [0.29, 0.717) is 28.5 Å². The maximum absolute atomic E-state index is 5.89. The number of nitrogens with one attached hydrogen (secondary N) is 1. The molecule has 6 heteroatoms. The molecule has 0 spiro atoms. The number of nitrogens with zero attached hydrogens (tertiary/aromatic N) is 2. The molecule has 0 bridgehead atoms. The molecule has 2 rings (SSSR count). The zero-order valence-electron chi connectivity index (χ0n) is 8.50. The van der Waals surface area contributed by atoms with Crippen LogP contribution < -0.4 is 5.32 Å². The van der Waals surface area contributed by atoms with Gasteiger partial charge in [-0.1, -0.05) is 34.4 Å². The molecule has 0 amide bonds. The third-order valence-corrected chi connectivity index (χ3v) is 2.69. The van der Waals surface area contributed by atoms with E-state index in [9.17, 15) is 0 Å². The van der Waals surface area contributed by atoms with Crippen molar-refractivity contribution in [3.8, 4) is 0 Å². The lowest BCUT2D eigenvalue weighted by atomic mass is 10.2. The molecular formula is C10H9Cl2N3O. The topological polar surface area (TPSA) is 51.0 Å². The summed E-state index contributed by atoms with van der Waals surface area (Å²) in [4.78, 5) is 0. The molecule has 2 aromatic rings. The molecule has 0 fully saturated rings. The molecule has 0 unspecified atom stereocenters. The number of hydrogen-bond donors (Lipinski definition) is 1. The van der Waals surface area contributed by atoms with Gasteiger partial charge in [-0.25, -0.2) is 0 Å². The van der Waals surface area contributed by atoms with Crippen LogP contribution in [0.5, 0.6) is 0 Å². The van der Waals surface area contributed by atoms with Crippen LogP contribution in [-0.4, -0.2) is 10.2 Å². The summed E-state index contributed by atoms with van der Waals surface area (Å²) >= 11 is 11.7. The van der Waals surface area contributed by atoms with Crippen LogP contribution in [0.3, 0.4) is 0 Å². The normalized spacial score (nSPS) is 10.4. The fraction of sp³-hybridized carbons (Fsp3) is 0.200. The summed E-state index contributed by atoms with van der Waals surface area (Å²) in [5.74, 6) is 0.525. The number of anilines is 1. The molecule has 1 heterocycles. The zero-order chi connectivity index (χ0) is 11.5. The van der Waals surface area contributed by atoms with Crippen molar-refractivity contribution in [3.05, 3.63) is 39.7 Å². The lowest BCUT2D eigenvalue weighted by Gasteiger charge is -2.03. The Morgan fingerprint density at radius 1 is 1.25 bits per heavy atom. The van der Waals surface area contributed by atoms with E-state index in [1.54, 1.807) is 19.1 Å². The van der Waals surface area contributed by atoms with Crippen LogP contribution in [0, 0.1) is 6.92 Å². The summed E-state index contributed by atoms with van der Waals surface area (Å²) in [6.45, 7) is 2.29. The molecule has 1 N–H and O–H groups in total. The molecule has 0 atom stereocenters. The summed E-state index contributed by atoms with van der Waals surface area (Å²) in [5, 5.41) is 11.6. The van der Waals surface area contributed by atoms with E-state index in [4.69, 9.17) is 27.6 Å². The van der Waals surface area contributed by atoms with Crippen LogP contribution in [0.4, 0.5) is 6.01 Å². The highest BCUT2D eigenvalue weighted by molar-refractivity contribution is 6.42. The van der Waals surface area contributed by atoms with Crippen molar-refractivity contribution in [1.29, 1.82) is 0 Å². The van der Waals surface area contributed by atoms with E-state index in [-0.39, 0.29) is 0 Å². The average Bonchev–Trinajstić information content (AvgIpc) is 2.66. The van der Waals surface area contributed by atoms with Gasteiger partial charge < -0.3 is 9.73 Å². The predicted molar refractivity (Wildman–Crippen MR) is 62.8 cm³/mol. The lowest BCUT2D eigenvalue weighted by molar-refractivity contribution is 0.530. The maximum atomic E-state index is 5.89. The summed E-state index contributed by atoms with van der Waals surface area (Å²) in [6, 6.07) is 5.81. The van der Waals surface area contributed by atoms with Gasteiger partial charge in [0.25, 0.3) is 0 Å². The molecule has 0 aliphatic heterocycles. The fourth-order valence-corrected chi connectivity index (χ4v) is 1.52. The number of halogens is 2. The van der Waals surface area contributed by atoms with E-state index >= 15 is 0 Å². The first-order valence-corrected chi connectivity index (χ1v) is 5.38. The zero-order valence-corrected chi connectivity index (χ0v) is 10.0. The van der Waals surface area contributed by atoms with Crippen molar-refractivity contribution >= 4 is 29.2 Å². The Kier molecular flexibility index (Phi) is 3.31. The smallest absolute Gasteiger partial charge is 0.315 e. The van der Waals surface area contributed by atoms with Crippen LogP contribution in [0.1, 0.15) is 11.5 Å². The molecule has 0 saturated heterocycles. The van der Waals surface area contributed by atoms with Crippen LogP contribution in [-0.2, 0) is 6.54 Å². The number of hydrogen-bond acceptors (Lipinski definition) is 4. The van der Waals surface area contributed by atoms with Crippen molar-refractivity contribution in [1.82, 2.24) is 10.2 Å². The van der Waals surface area contributed by atoms with Crippen LogP contribution in [0.2, 0.25) is 10.0 Å². The molecule has 1 aromatic heterocycles. The van der Waals surface area contributed by atoms with Gasteiger partial charge in [-0.2, -0.15) is 0 Å². The van der Waals surface area contributed by atoms with E-state index < -0.39 is 0 Å². The second-order valence-corrected chi connectivity index (χ2v) is 4.04. The second kappa shape index (κ2) is 4.72. The Morgan fingerprint density at radius 3 is 2.69 bits per heavy atom. The SMILES string of the molecule is Cc1nnc(NCc2ccc(Cl)c(Cl)c2)o1. The lowest BCUT2D eigenvalue weighted by Crippen LogP contribution is -1.99. The minimum absolute atomic E-state index is 0.392. The molecular weight excluding hydrogens is 249 g/mol. The molecule has 0 aliphatic rings. The Labute approximate surface area is 103 Å². The van der Waals surface area contributed by atoms with Gasteiger partial charge in [-0.05, 0) is 17.7 Å². The van der Waals surface area contributed by atoms with Crippen molar-refractivity contribution in [2.24, 2.45) is 0 Å². The first-order valence-electron chi connectivity index (χ1n) is 4.63. The molecule has 1 aromatic carbocycles. The Morgan fingerprint density at radius 2 is 2.06 bits per heavy atom. The van der Waals surface area contributed by atoms with Gasteiger partial charge >= 0.3 is 6.01 Å². The van der Waals surface area contributed by atoms with Gasteiger partial charge in [-0.3, -0.25) is 0 Å². The predicted octanol–water partition coefficient (Wildman–Crippen LogP) is 3.30. The van der Waals surface area contributed by atoms with Crippen molar-refractivity contribution in [3.63, 3.8) is 0 Å². The van der Waals surface area contributed by atoms with Crippen molar-refractivity contribution in [2.45, 2.75) is 13.5 Å². The van der Waals surface area contributed by atoms with Crippen LogP contribution >= 0.6 is 23.2 Å². The minimum atomic E-state index is 0.392. The number of benzene rings is 1. The average molecular weight is 258 g/mol. The molecule has 4 nitrogen and oxygen atoms in total. The highest BCUT2D eigenvalue weighted by atomic mass is 35.5. The highest BCUT2D eigenvalue weighted by Crippen LogP contribution is 2.22. The largest absolute Gasteiger partial charge is 0.408 e. The molecule has 16 heavy (non-hydrogen) atoms. The van der Waals surface area contributed by atoms with Gasteiger partial charge in [-0.15, -0.1) is 5.10 Å². The quantitative estimate of drug-likeness (QED) is 0.917. The Balaban J connectivity index is 2.02. The van der Waals surface area contributed by atoms with Crippen LogP contribution in [0.15, 0.2) is 22.6 Å². The third kappa shape index (κ3) is 2.65. The third-order valence-electron chi connectivity index (χ3n) is 1.95. The summed E-state index contributed by atoms with van der Waals surface area (Å²) in [6.07, 6.45) is 0. The molecule has 84 valence electrons. The van der Waals surface area contributed by atoms with E-state index in [1.807, 2.05) is 6.07 Å². The van der Waals surface area contributed by atoms with E-state index in [0.717, 1.165) is 5.56 Å². The Bertz CT molecular complexity index is 499. The maximum Gasteiger partial charge on any atom is 0.315 e. The summed E-state index contributed by atoms with van der Waals surface area (Å²) in [7, 11) is 0. The van der Waals surface area contributed by atoms with Gasteiger partial charge in [0.2, 0.25) is 5.89 Å².